The molecule has 0 aliphatic carbocycles. The molecule has 0 aromatic carbocycles. The Morgan fingerprint density at radius 1 is 1.27 bits per heavy atom. The summed E-state index contributed by atoms with van der Waals surface area (Å²) >= 11 is 0. The van der Waals surface area contributed by atoms with E-state index in [0.29, 0.717) is 0 Å². The fourth-order valence-electron chi connectivity index (χ4n) is 2.27. The molecule has 0 saturated carbocycles. The van der Waals surface area contributed by atoms with Crippen molar-refractivity contribution in [3.05, 3.63) is 0 Å². The minimum Gasteiger partial charge on any atom is -0.300 e. The summed E-state index contributed by atoms with van der Waals surface area (Å²) in [5, 5.41) is 0. The molecule has 0 spiro atoms. The third-order valence-electron chi connectivity index (χ3n) is 3.05. The van der Waals surface area contributed by atoms with Crippen molar-refractivity contribution in [1.29, 1.82) is 0 Å². The number of likely N-dealkylation sites (tertiary alicyclic amines) is 1. The molecule has 5 heteroatoms. The van der Waals surface area contributed by atoms with E-state index in [2.05, 4.69) is 24.9 Å². The van der Waals surface area contributed by atoms with Gasteiger partial charge in [-0.3, -0.25) is 4.99 Å². The summed E-state index contributed by atoms with van der Waals surface area (Å²) in [5.74, 6) is 0.782. The van der Waals surface area contributed by atoms with E-state index in [1.165, 1.54) is 19.2 Å². The van der Waals surface area contributed by atoms with Crippen molar-refractivity contribution in [3.63, 3.8) is 0 Å². The molecule has 0 aromatic heterocycles. The van der Waals surface area contributed by atoms with Crippen LogP contribution in [0.3, 0.4) is 0 Å². The summed E-state index contributed by atoms with van der Waals surface area (Å²) in [5.41, 5.74) is -0.390. The summed E-state index contributed by atoms with van der Waals surface area (Å²) < 4.78 is 0. The van der Waals surface area contributed by atoms with Gasteiger partial charge in [0.2, 0.25) is 0 Å². The average Bonchev–Trinajstić information content (AvgIpc) is 2.86. The molecule has 3 aliphatic rings. The van der Waals surface area contributed by atoms with Crippen molar-refractivity contribution in [2.75, 3.05) is 19.6 Å². The summed E-state index contributed by atoms with van der Waals surface area (Å²) in [6.45, 7) is 3.17. The second-order valence-corrected chi connectivity index (χ2v) is 4.13. The van der Waals surface area contributed by atoms with Gasteiger partial charge in [0.15, 0.2) is 11.4 Å². The lowest BCUT2D eigenvalue weighted by molar-refractivity contribution is 0.321. The first-order chi connectivity index (χ1) is 7.39. The first kappa shape index (κ1) is 8.91. The normalized spacial score (nSPS) is 33.5. The van der Waals surface area contributed by atoms with Crippen LogP contribution in [0.15, 0.2) is 20.0 Å². The Labute approximate surface area is 88.3 Å². The average molecular weight is 203 g/mol. The second kappa shape index (κ2) is 3.34. The number of hydrogen-bond acceptors (Lipinski definition) is 5. The summed E-state index contributed by atoms with van der Waals surface area (Å²) in [6, 6.07) is 0. The van der Waals surface area contributed by atoms with Crippen LogP contribution in [-0.4, -0.2) is 54.8 Å². The quantitative estimate of drug-likeness (QED) is 0.640. The van der Waals surface area contributed by atoms with Crippen molar-refractivity contribution in [3.8, 4) is 0 Å². The zero-order valence-corrected chi connectivity index (χ0v) is 8.50. The Kier molecular flexibility index (Phi) is 1.98. The zero-order valence-electron chi connectivity index (χ0n) is 8.50. The molecule has 0 N–H and O–H groups in total. The predicted octanol–water partition coefficient (Wildman–Crippen LogP) is 0.374. The molecule has 0 aromatic rings. The molecule has 0 bridgehead atoms. The SMILES string of the molecule is C1=NC=NC2=NC=N[C@@]12CN1CCCC1. The third kappa shape index (κ3) is 1.43. The van der Waals surface area contributed by atoms with Gasteiger partial charge in [0.25, 0.3) is 0 Å². The van der Waals surface area contributed by atoms with Crippen LogP contribution in [0, 0.1) is 0 Å². The van der Waals surface area contributed by atoms with Crippen molar-refractivity contribution in [2.45, 2.75) is 18.4 Å². The fraction of sp³-hybridized carbons (Fsp3) is 0.600. The monoisotopic (exact) mass is 203 g/mol. The smallest absolute Gasteiger partial charge is 0.169 e. The van der Waals surface area contributed by atoms with Crippen LogP contribution in [0.25, 0.3) is 0 Å². The second-order valence-electron chi connectivity index (χ2n) is 4.13. The van der Waals surface area contributed by atoms with Gasteiger partial charge in [-0.25, -0.2) is 15.0 Å². The van der Waals surface area contributed by atoms with E-state index >= 15 is 0 Å². The molecule has 3 heterocycles. The number of aliphatic imine (C=N–C) groups is 4. The molecule has 15 heavy (non-hydrogen) atoms. The molecule has 0 amide bonds. The molecular weight excluding hydrogens is 190 g/mol. The molecule has 3 aliphatic heterocycles. The molecular formula is C10H13N5. The number of fused-ring (bicyclic) bond motifs is 1. The highest BCUT2D eigenvalue weighted by molar-refractivity contribution is 6.18. The van der Waals surface area contributed by atoms with Gasteiger partial charge < -0.3 is 4.90 Å². The molecule has 1 fully saturated rings. The lowest BCUT2D eigenvalue weighted by atomic mass is 10.00. The van der Waals surface area contributed by atoms with Crippen molar-refractivity contribution in [2.24, 2.45) is 20.0 Å². The minimum atomic E-state index is -0.390. The van der Waals surface area contributed by atoms with E-state index in [9.17, 15) is 0 Å². The van der Waals surface area contributed by atoms with Crippen LogP contribution in [0.4, 0.5) is 0 Å². The first-order valence-corrected chi connectivity index (χ1v) is 5.30. The van der Waals surface area contributed by atoms with E-state index in [0.717, 1.165) is 25.5 Å². The van der Waals surface area contributed by atoms with Gasteiger partial charge in [0.1, 0.15) is 12.7 Å². The zero-order chi connectivity index (χ0) is 10.1. The van der Waals surface area contributed by atoms with Gasteiger partial charge in [-0.15, -0.1) is 0 Å². The standard InChI is InChI=1S/C10H13N5/c1-2-4-15(3-1)6-10-5-11-7-12-9(10)13-8-14-10/h5,7-8H,1-4,6H2/t10-/m1/s1. The summed E-state index contributed by atoms with van der Waals surface area (Å²) in [4.78, 5) is 19.3. The lowest BCUT2D eigenvalue weighted by Gasteiger charge is -2.28. The lowest BCUT2D eigenvalue weighted by Crippen LogP contribution is -2.47. The summed E-state index contributed by atoms with van der Waals surface area (Å²) in [6.07, 6.45) is 7.57. The molecule has 1 saturated heterocycles. The van der Waals surface area contributed by atoms with Crippen LogP contribution in [0.1, 0.15) is 12.8 Å². The summed E-state index contributed by atoms with van der Waals surface area (Å²) in [7, 11) is 0. The highest BCUT2D eigenvalue weighted by Crippen LogP contribution is 2.22. The Hall–Kier alpha value is -1.36. The molecule has 5 nitrogen and oxygen atoms in total. The van der Waals surface area contributed by atoms with Crippen LogP contribution in [-0.2, 0) is 0 Å². The largest absolute Gasteiger partial charge is 0.300 e. The van der Waals surface area contributed by atoms with Gasteiger partial charge in [0.05, 0.1) is 0 Å². The van der Waals surface area contributed by atoms with Gasteiger partial charge in [-0.2, -0.15) is 0 Å². The topological polar surface area (TPSA) is 52.7 Å². The number of hydrogen-bond donors (Lipinski definition) is 0. The Morgan fingerprint density at radius 2 is 2.13 bits per heavy atom. The third-order valence-corrected chi connectivity index (χ3v) is 3.05. The Morgan fingerprint density at radius 3 is 3.00 bits per heavy atom. The minimum absolute atomic E-state index is 0.390. The molecule has 3 rings (SSSR count). The number of amidine groups is 1. The van der Waals surface area contributed by atoms with Crippen LogP contribution < -0.4 is 0 Å². The molecule has 0 unspecified atom stereocenters. The van der Waals surface area contributed by atoms with Crippen LogP contribution in [0.5, 0.6) is 0 Å². The van der Waals surface area contributed by atoms with E-state index in [1.54, 1.807) is 6.34 Å². The van der Waals surface area contributed by atoms with Crippen molar-refractivity contribution < 1.29 is 0 Å². The maximum absolute atomic E-state index is 4.42. The number of rotatable bonds is 2. The fourth-order valence-corrected chi connectivity index (χ4v) is 2.27. The Balaban J connectivity index is 1.83. The maximum atomic E-state index is 4.42. The molecule has 1 atom stereocenters. The van der Waals surface area contributed by atoms with Gasteiger partial charge in [-0.05, 0) is 25.9 Å². The highest BCUT2D eigenvalue weighted by atomic mass is 15.2. The van der Waals surface area contributed by atoms with Crippen molar-refractivity contribution >= 4 is 24.7 Å². The van der Waals surface area contributed by atoms with E-state index in [1.807, 2.05) is 6.21 Å². The van der Waals surface area contributed by atoms with E-state index < -0.39 is 0 Å². The number of nitrogens with zero attached hydrogens (tertiary/aromatic N) is 5. The molecule has 0 radical (unpaired) electrons. The maximum Gasteiger partial charge on any atom is 0.169 e. The Bertz CT molecular complexity index is 375. The molecule has 78 valence electrons. The van der Waals surface area contributed by atoms with E-state index in [4.69, 9.17) is 0 Å². The van der Waals surface area contributed by atoms with Gasteiger partial charge in [0, 0.05) is 12.8 Å². The van der Waals surface area contributed by atoms with Gasteiger partial charge >= 0.3 is 0 Å². The predicted molar refractivity (Wildman–Crippen MR) is 61.3 cm³/mol. The van der Waals surface area contributed by atoms with E-state index in [-0.39, 0.29) is 5.54 Å². The highest BCUT2D eigenvalue weighted by Gasteiger charge is 2.39. The van der Waals surface area contributed by atoms with Crippen molar-refractivity contribution in [1.82, 2.24) is 4.90 Å². The van der Waals surface area contributed by atoms with Crippen LogP contribution >= 0.6 is 0 Å². The van der Waals surface area contributed by atoms with Crippen LogP contribution in [0.2, 0.25) is 0 Å². The van der Waals surface area contributed by atoms with Gasteiger partial charge in [-0.1, -0.05) is 0 Å². The first-order valence-electron chi connectivity index (χ1n) is 5.30.